The van der Waals surface area contributed by atoms with Gasteiger partial charge in [-0.1, -0.05) is 42.8 Å². The van der Waals surface area contributed by atoms with E-state index in [-0.39, 0.29) is 11.6 Å². The molecule has 1 fully saturated rings. The molecule has 0 radical (unpaired) electrons. The van der Waals surface area contributed by atoms with E-state index in [0.29, 0.717) is 27.6 Å². The second-order valence-corrected chi connectivity index (χ2v) is 8.28. The van der Waals surface area contributed by atoms with Crippen LogP contribution in [0.1, 0.15) is 41.6 Å². The van der Waals surface area contributed by atoms with E-state index >= 15 is 4.39 Å². The van der Waals surface area contributed by atoms with Gasteiger partial charge in [0.2, 0.25) is 5.95 Å². The van der Waals surface area contributed by atoms with E-state index < -0.39 is 17.7 Å². The summed E-state index contributed by atoms with van der Waals surface area (Å²) in [6, 6.07) is 15.5. The normalized spacial score (nSPS) is 14.9. The maximum atomic E-state index is 15.1. The summed E-state index contributed by atoms with van der Waals surface area (Å²) in [4.78, 5) is 15.3. The van der Waals surface area contributed by atoms with Crippen LogP contribution in [-0.4, -0.2) is 26.3 Å². The van der Waals surface area contributed by atoms with Gasteiger partial charge in [-0.25, -0.2) is 9.18 Å². The Bertz CT molecular complexity index is 1430. The predicted octanol–water partition coefficient (Wildman–Crippen LogP) is 6.09. The molecule has 2 aromatic carbocycles. The first kappa shape index (κ1) is 21.7. The lowest BCUT2D eigenvalue weighted by Gasteiger charge is -2.31. The SMILES string of the molecule is O=C(O)/C=C/c1ccc(/C(=C(\c2ncccc2F)C2CCC2)c2cccc3n[nH]c(F)c23)cc1. The third-order valence-electron chi connectivity index (χ3n) is 6.22. The Morgan fingerprint density at radius 2 is 1.85 bits per heavy atom. The Labute approximate surface area is 194 Å². The average Bonchev–Trinajstić information content (AvgIpc) is 3.19. The van der Waals surface area contributed by atoms with E-state index in [1.54, 1.807) is 36.5 Å². The van der Waals surface area contributed by atoms with Crippen molar-refractivity contribution in [1.82, 2.24) is 15.2 Å². The molecule has 34 heavy (non-hydrogen) atoms. The van der Waals surface area contributed by atoms with Crippen LogP contribution < -0.4 is 0 Å². The van der Waals surface area contributed by atoms with E-state index in [2.05, 4.69) is 15.2 Å². The molecular formula is C27H21F2N3O2. The Kier molecular flexibility index (Phi) is 5.76. The fourth-order valence-electron chi connectivity index (χ4n) is 4.42. The van der Waals surface area contributed by atoms with Crippen LogP contribution >= 0.6 is 0 Å². The van der Waals surface area contributed by atoms with Gasteiger partial charge < -0.3 is 5.11 Å². The second-order valence-electron chi connectivity index (χ2n) is 8.28. The number of benzene rings is 2. The molecule has 170 valence electrons. The maximum absolute atomic E-state index is 15.1. The van der Waals surface area contributed by atoms with Crippen molar-refractivity contribution in [3.05, 3.63) is 101 Å². The standard InChI is InChI=1S/C27H21F2N3O2/c28-20-7-3-15-30-26(20)24(17-4-1-5-17)23(18-12-9-16(10-13-18)11-14-22(33)34)19-6-2-8-21-25(19)27(29)32-31-21/h2-3,6-15,17H,1,4-5H2,(H,31,32)(H,33,34)/b14-11+,24-23+. The molecule has 7 heteroatoms. The minimum atomic E-state index is -1.04. The first-order valence-electron chi connectivity index (χ1n) is 11.0. The van der Waals surface area contributed by atoms with E-state index in [0.717, 1.165) is 36.5 Å². The molecule has 1 aliphatic rings. The Balaban J connectivity index is 1.81. The lowest BCUT2D eigenvalue weighted by molar-refractivity contribution is -0.131. The number of halogens is 2. The molecule has 0 bridgehead atoms. The molecule has 2 heterocycles. The predicted molar refractivity (Wildman–Crippen MR) is 127 cm³/mol. The fourth-order valence-corrected chi connectivity index (χ4v) is 4.42. The molecule has 0 amide bonds. The van der Waals surface area contributed by atoms with Crippen LogP contribution in [0.4, 0.5) is 8.78 Å². The number of aromatic amines is 1. The van der Waals surface area contributed by atoms with Gasteiger partial charge in [0.05, 0.1) is 10.9 Å². The smallest absolute Gasteiger partial charge is 0.328 e. The summed E-state index contributed by atoms with van der Waals surface area (Å²) in [6.45, 7) is 0. The summed E-state index contributed by atoms with van der Waals surface area (Å²) in [6.07, 6.45) is 6.93. The fraction of sp³-hybridized carbons (Fsp3) is 0.148. The first-order valence-corrected chi connectivity index (χ1v) is 11.0. The molecule has 0 unspecified atom stereocenters. The number of allylic oxidation sites excluding steroid dienone is 1. The summed E-state index contributed by atoms with van der Waals surface area (Å²) >= 11 is 0. The molecule has 0 aliphatic heterocycles. The molecular weight excluding hydrogens is 436 g/mol. The number of rotatable bonds is 6. The van der Waals surface area contributed by atoms with Gasteiger partial charge in [-0.15, -0.1) is 0 Å². The molecule has 1 aliphatic carbocycles. The van der Waals surface area contributed by atoms with E-state index in [4.69, 9.17) is 5.11 Å². The highest BCUT2D eigenvalue weighted by Crippen LogP contribution is 2.46. The summed E-state index contributed by atoms with van der Waals surface area (Å²) in [5, 5.41) is 15.7. The van der Waals surface area contributed by atoms with Gasteiger partial charge in [-0.2, -0.15) is 9.49 Å². The summed E-state index contributed by atoms with van der Waals surface area (Å²) in [7, 11) is 0. The number of carboxylic acid groups (broad SMARTS) is 1. The van der Waals surface area contributed by atoms with Crippen molar-refractivity contribution >= 4 is 34.1 Å². The Morgan fingerprint density at radius 1 is 1.06 bits per heavy atom. The molecule has 2 N–H and O–H groups in total. The molecule has 5 rings (SSSR count). The van der Waals surface area contributed by atoms with Gasteiger partial charge >= 0.3 is 5.97 Å². The van der Waals surface area contributed by atoms with Crippen molar-refractivity contribution < 1.29 is 18.7 Å². The third-order valence-corrected chi connectivity index (χ3v) is 6.22. The van der Waals surface area contributed by atoms with E-state index in [9.17, 15) is 9.18 Å². The van der Waals surface area contributed by atoms with Crippen molar-refractivity contribution in [2.75, 3.05) is 0 Å². The summed E-state index contributed by atoms with van der Waals surface area (Å²) in [5.74, 6) is -1.94. The first-order chi connectivity index (χ1) is 16.5. The minimum Gasteiger partial charge on any atom is -0.478 e. The Morgan fingerprint density at radius 3 is 2.53 bits per heavy atom. The number of carboxylic acids is 1. The van der Waals surface area contributed by atoms with Crippen molar-refractivity contribution in [1.29, 1.82) is 0 Å². The lowest BCUT2D eigenvalue weighted by atomic mass is 9.74. The maximum Gasteiger partial charge on any atom is 0.328 e. The number of nitrogens with zero attached hydrogens (tertiary/aromatic N) is 2. The molecule has 0 spiro atoms. The third kappa shape index (κ3) is 4.01. The zero-order valence-corrected chi connectivity index (χ0v) is 18.1. The largest absolute Gasteiger partial charge is 0.478 e. The van der Waals surface area contributed by atoms with Crippen LogP contribution in [0.3, 0.4) is 0 Å². The summed E-state index contributed by atoms with van der Waals surface area (Å²) < 4.78 is 29.9. The quantitative estimate of drug-likeness (QED) is 0.343. The number of aliphatic carboxylic acids is 1. The number of aromatic nitrogens is 3. The Hall–Kier alpha value is -4.13. The van der Waals surface area contributed by atoms with Gasteiger partial charge in [0.25, 0.3) is 0 Å². The molecule has 2 aromatic heterocycles. The van der Waals surface area contributed by atoms with Gasteiger partial charge in [-0.05, 0) is 70.9 Å². The average molecular weight is 457 g/mol. The molecule has 1 saturated carbocycles. The topological polar surface area (TPSA) is 78.9 Å². The number of fused-ring (bicyclic) bond motifs is 1. The van der Waals surface area contributed by atoms with Crippen LogP contribution in [0, 0.1) is 17.7 Å². The lowest BCUT2D eigenvalue weighted by Crippen LogP contribution is -2.17. The molecule has 0 saturated heterocycles. The van der Waals surface area contributed by atoms with E-state index in [1.165, 1.54) is 12.1 Å². The zero-order valence-electron chi connectivity index (χ0n) is 18.1. The zero-order chi connectivity index (χ0) is 23.7. The van der Waals surface area contributed by atoms with Gasteiger partial charge in [-0.3, -0.25) is 10.1 Å². The van der Waals surface area contributed by atoms with E-state index in [1.807, 2.05) is 18.2 Å². The van der Waals surface area contributed by atoms with Crippen LogP contribution in [0.2, 0.25) is 0 Å². The number of H-pyrrole nitrogens is 1. The number of carbonyl (C=O) groups is 1. The molecule has 0 atom stereocenters. The second kappa shape index (κ2) is 9.02. The molecule has 4 aromatic rings. The van der Waals surface area contributed by atoms with Crippen LogP contribution in [0.15, 0.2) is 66.9 Å². The monoisotopic (exact) mass is 457 g/mol. The molecule has 5 nitrogen and oxygen atoms in total. The van der Waals surface area contributed by atoms with Crippen LogP contribution in [0.5, 0.6) is 0 Å². The number of pyridine rings is 1. The van der Waals surface area contributed by atoms with Crippen LogP contribution in [-0.2, 0) is 4.79 Å². The highest BCUT2D eigenvalue weighted by atomic mass is 19.1. The van der Waals surface area contributed by atoms with Crippen molar-refractivity contribution in [2.24, 2.45) is 5.92 Å². The number of hydrogen-bond acceptors (Lipinski definition) is 3. The number of nitrogens with one attached hydrogen (secondary N) is 1. The van der Waals surface area contributed by atoms with Crippen molar-refractivity contribution in [2.45, 2.75) is 19.3 Å². The minimum absolute atomic E-state index is 0.0798. The highest BCUT2D eigenvalue weighted by molar-refractivity contribution is 6.06. The number of hydrogen-bond donors (Lipinski definition) is 2. The van der Waals surface area contributed by atoms with Crippen LogP contribution in [0.25, 0.3) is 28.1 Å². The van der Waals surface area contributed by atoms with Gasteiger partial charge in [0.1, 0.15) is 11.5 Å². The highest BCUT2D eigenvalue weighted by Gasteiger charge is 2.30. The van der Waals surface area contributed by atoms with Crippen molar-refractivity contribution in [3.63, 3.8) is 0 Å². The summed E-state index contributed by atoms with van der Waals surface area (Å²) in [5.41, 5.74) is 4.23. The van der Waals surface area contributed by atoms with Gasteiger partial charge in [0, 0.05) is 12.3 Å². The van der Waals surface area contributed by atoms with Crippen molar-refractivity contribution in [3.8, 4) is 0 Å². The van der Waals surface area contributed by atoms with Gasteiger partial charge in [0.15, 0.2) is 0 Å².